The molecule has 10 heteroatoms. The molecule has 30 heavy (non-hydrogen) atoms. The Balaban J connectivity index is 1.45. The minimum atomic E-state index is -3.85. The van der Waals surface area contributed by atoms with Gasteiger partial charge in [0.15, 0.2) is 16.8 Å². The van der Waals surface area contributed by atoms with Crippen molar-refractivity contribution >= 4 is 38.1 Å². The summed E-state index contributed by atoms with van der Waals surface area (Å²) in [7, 11) is -3.85. The van der Waals surface area contributed by atoms with Crippen LogP contribution in [0.1, 0.15) is 23.3 Å². The number of thiazole rings is 1. The first-order valence-electron chi connectivity index (χ1n) is 9.14. The largest absolute Gasteiger partial charge is 0.312 e. The molecule has 1 aliphatic heterocycles. The van der Waals surface area contributed by atoms with Crippen LogP contribution in [0.5, 0.6) is 0 Å². The molecule has 6 nitrogen and oxygen atoms in total. The average Bonchev–Trinajstić information content (AvgIpc) is 3.33. The number of halogens is 2. The lowest BCUT2D eigenvalue weighted by molar-refractivity contribution is -0.117. The number of hydrogen-bond acceptors (Lipinski definition) is 5. The summed E-state index contributed by atoms with van der Waals surface area (Å²) in [4.78, 5) is 18.3. The van der Waals surface area contributed by atoms with Gasteiger partial charge in [0, 0.05) is 36.1 Å². The van der Waals surface area contributed by atoms with E-state index in [-0.39, 0.29) is 15.9 Å². The first-order valence-corrected chi connectivity index (χ1v) is 11.4. The van der Waals surface area contributed by atoms with E-state index in [0.29, 0.717) is 35.5 Å². The van der Waals surface area contributed by atoms with Gasteiger partial charge in [0.1, 0.15) is 0 Å². The third-order valence-corrected chi connectivity index (χ3v) is 7.07. The van der Waals surface area contributed by atoms with Crippen molar-refractivity contribution in [1.29, 1.82) is 0 Å². The van der Waals surface area contributed by atoms with E-state index < -0.39 is 21.7 Å². The van der Waals surface area contributed by atoms with Gasteiger partial charge in [-0.1, -0.05) is 6.07 Å². The summed E-state index contributed by atoms with van der Waals surface area (Å²) in [6.07, 6.45) is 3.08. The fourth-order valence-corrected chi connectivity index (χ4v) is 5.28. The number of nitrogens with zero attached hydrogens (tertiary/aromatic N) is 2. The number of amides is 1. The summed E-state index contributed by atoms with van der Waals surface area (Å²) < 4.78 is 54.1. The van der Waals surface area contributed by atoms with Crippen LogP contribution >= 0.6 is 11.3 Å². The Hall–Kier alpha value is -2.85. The zero-order valence-corrected chi connectivity index (χ0v) is 17.3. The Morgan fingerprint density at radius 1 is 1.10 bits per heavy atom. The molecule has 1 saturated heterocycles. The first kappa shape index (κ1) is 20.4. The number of sulfonamides is 1. The van der Waals surface area contributed by atoms with Crippen molar-refractivity contribution in [3.05, 3.63) is 70.7 Å². The summed E-state index contributed by atoms with van der Waals surface area (Å²) in [6, 6.07) is 9.72. The molecule has 156 valence electrons. The predicted molar refractivity (Wildman–Crippen MR) is 110 cm³/mol. The van der Waals surface area contributed by atoms with Crippen LogP contribution < -0.4 is 9.62 Å². The summed E-state index contributed by atoms with van der Waals surface area (Å²) in [5.41, 5.74) is 1.22. The molecule has 0 spiro atoms. The number of carbonyl (C=O) groups excluding carboxylic acids is 1. The predicted octanol–water partition coefficient (Wildman–Crippen LogP) is 3.94. The Bertz CT molecular complexity index is 1190. The van der Waals surface area contributed by atoms with Crippen molar-refractivity contribution < 1.29 is 22.0 Å². The second kappa shape index (κ2) is 8.11. The van der Waals surface area contributed by atoms with E-state index in [1.807, 2.05) is 0 Å². The molecular weight excluding hydrogens is 432 g/mol. The minimum absolute atomic E-state index is 0.0279. The van der Waals surface area contributed by atoms with Crippen LogP contribution in [0.4, 0.5) is 19.6 Å². The molecule has 0 unspecified atom stereocenters. The van der Waals surface area contributed by atoms with Gasteiger partial charge in [0.2, 0.25) is 5.91 Å². The smallest absolute Gasteiger partial charge is 0.263 e. The second-order valence-corrected chi connectivity index (χ2v) is 9.60. The van der Waals surface area contributed by atoms with Crippen LogP contribution in [-0.2, 0) is 21.2 Å². The maximum atomic E-state index is 13.3. The van der Waals surface area contributed by atoms with Gasteiger partial charge in [-0.15, -0.1) is 11.3 Å². The lowest BCUT2D eigenvalue weighted by Crippen LogP contribution is -2.23. The van der Waals surface area contributed by atoms with E-state index in [2.05, 4.69) is 9.71 Å². The van der Waals surface area contributed by atoms with Crippen LogP contribution in [0.3, 0.4) is 0 Å². The topological polar surface area (TPSA) is 79.4 Å². The van der Waals surface area contributed by atoms with Crippen molar-refractivity contribution in [2.24, 2.45) is 0 Å². The molecule has 1 amide bonds. The fourth-order valence-electron chi connectivity index (χ4n) is 3.19. The Labute approximate surface area is 176 Å². The molecule has 2 heterocycles. The lowest BCUT2D eigenvalue weighted by Gasteiger charge is -2.16. The molecule has 1 aromatic heterocycles. The van der Waals surface area contributed by atoms with Gasteiger partial charge in [-0.2, -0.15) is 0 Å². The van der Waals surface area contributed by atoms with E-state index in [9.17, 15) is 22.0 Å². The highest BCUT2D eigenvalue weighted by atomic mass is 32.2. The zero-order chi connectivity index (χ0) is 21.3. The SMILES string of the molecule is O=C1CCCN1c1ccc(S(=O)(=O)Nc2ncc(Cc3ccc(F)c(F)c3)s2)cc1. The number of anilines is 2. The van der Waals surface area contributed by atoms with Gasteiger partial charge in [-0.25, -0.2) is 22.2 Å². The fraction of sp³-hybridized carbons (Fsp3) is 0.200. The summed E-state index contributed by atoms with van der Waals surface area (Å²) in [5, 5.41) is 0.173. The highest BCUT2D eigenvalue weighted by molar-refractivity contribution is 7.93. The standard InChI is InChI=1S/C20H17F2N3O3S2/c21-17-8-3-13(11-18(17)22)10-15-12-23-20(29-15)24-30(27,28)16-6-4-14(5-7-16)25-9-1-2-19(25)26/h3-8,11-12H,1-2,9-10H2,(H,23,24). The normalized spacial score (nSPS) is 14.3. The van der Waals surface area contributed by atoms with Crippen LogP contribution in [-0.4, -0.2) is 25.9 Å². The molecule has 1 N–H and O–H groups in total. The van der Waals surface area contributed by atoms with E-state index in [0.717, 1.165) is 29.9 Å². The number of nitrogens with one attached hydrogen (secondary N) is 1. The maximum absolute atomic E-state index is 13.3. The van der Waals surface area contributed by atoms with Gasteiger partial charge >= 0.3 is 0 Å². The van der Waals surface area contributed by atoms with Crippen LogP contribution in [0.2, 0.25) is 0 Å². The van der Waals surface area contributed by atoms with Gasteiger partial charge in [0.05, 0.1) is 4.90 Å². The van der Waals surface area contributed by atoms with E-state index in [1.54, 1.807) is 17.0 Å². The molecule has 0 saturated carbocycles. The molecule has 0 atom stereocenters. The average molecular weight is 450 g/mol. The van der Waals surface area contributed by atoms with Crippen molar-refractivity contribution in [3.63, 3.8) is 0 Å². The van der Waals surface area contributed by atoms with Crippen molar-refractivity contribution in [3.8, 4) is 0 Å². The maximum Gasteiger partial charge on any atom is 0.263 e. The Kier molecular flexibility index (Phi) is 5.52. The van der Waals surface area contributed by atoms with Gasteiger partial charge in [0.25, 0.3) is 10.0 Å². The molecule has 0 aliphatic carbocycles. The molecule has 2 aromatic carbocycles. The molecule has 1 aliphatic rings. The highest BCUT2D eigenvalue weighted by Crippen LogP contribution is 2.26. The Morgan fingerprint density at radius 2 is 1.87 bits per heavy atom. The minimum Gasteiger partial charge on any atom is -0.312 e. The molecular formula is C20H17F2N3O3S2. The first-order chi connectivity index (χ1) is 14.3. The number of aromatic nitrogens is 1. The van der Waals surface area contributed by atoms with Gasteiger partial charge in [-0.05, 0) is 48.4 Å². The zero-order valence-electron chi connectivity index (χ0n) is 15.6. The summed E-state index contributed by atoms with van der Waals surface area (Å²) in [5.74, 6) is -1.83. The third kappa shape index (κ3) is 4.34. The molecule has 1 fully saturated rings. The molecule has 0 bridgehead atoms. The van der Waals surface area contributed by atoms with Gasteiger partial charge in [-0.3, -0.25) is 9.52 Å². The molecule has 3 aromatic rings. The third-order valence-electron chi connectivity index (χ3n) is 4.67. The Morgan fingerprint density at radius 3 is 2.53 bits per heavy atom. The van der Waals surface area contributed by atoms with Crippen molar-refractivity contribution in [2.75, 3.05) is 16.2 Å². The van der Waals surface area contributed by atoms with Crippen LogP contribution in [0, 0.1) is 11.6 Å². The quantitative estimate of drug-likeness (QED) is 0.618. The number of benzene rings is 2. The van der Waals surface area contributed by atoms with Crippen molar-refractivity contribution in [1.82, 2.24) is 4.98 Å². The number of rotatable bonds is 6. The van der Waals surface area contributed by atoms with Crippen molar-refractivity contribution in [2.45, 2.75) is 24.2 Å². The number of hydrogen-bond donors (Lipinski definition) is 1. The highest BCUT2D eigenvalue weighted by Gasteiger charge is 2.23. The van der Waals surface area contributed by atoms with Crippen LogP contribution in [0.25, 0.3) is 0 Å². The van der Waals surface area contributed by atoms with Crippen LogP contribution in [0.15, 0.2) is 53.6 Å². The lowest BCUT2D eigenvalue weighted by atomic mass is 10.1. The van der Waals surface area contributed by atoms with E-state index >= 15 is 0 Å². The van der Waals surface area contributed by atoms with E-state index in [4.69, 9.17) is 0 Å². The summed E-state index contributed by atoms with van der Waals surface area (Å²) >= 11 is 1.11. The summed E-state index contributed by atoms with van der Waals surface area (Å²) in [6.45, 7) is 0.628. The molecule has 0 radical (unpaired) electrons. The van der Waals surface area contributed by atoms with E-state index in [1.165, 1.54) is 24.4 Å². The monoisotopic (exact) mass is 449 g/mol. The number of carbonyl (C=O) groups is 1. The second-order valence-electron chi connectivity index (χ2n) is 6.81. The van der Waals surface area contributed by atoms with Gasteiger partial charge < -0.3 is 4.90 Å². The molecule has 4 rings (SSSR count).